The second kappa shape index (κ2) is 9.72. The van der Waals surface area contributed by atoms with Gasteiger partial charge in [0, 0.05) is 31.3 Å². The lowest BCUT2D eigenvalue weighted by Gasteiger charge is -2.65. The van der Waals surface area contributed by atoms with Gasteiger partial charge in [-0.15, -0.1) is 0 Å². The van der Waals surface area contributed by atoms with E-state index in [1.165, 1.54) is 32.1 Å². The van der Waals surface area contributed by atoms with Crippen molar-refractivity contribution in [2.24, 2.45) is 47.5 Å². The highest BCUT2D eigenvalue weighted by atomic mass is 16.5. The average molecular weight is 500 g/mol. The number of carbonyl (C=O) groups excluding carboxylic acids is 1. The molecule has 0 saturated heterocycles. The number of carbonyl (C=O) groups is 1. The van der Waals surface area contributed by atoms with Crippen LogP contribution >= 0.6 is 0 Å². The molecule has 5 rings (SSSR count). The number of fused-ring (bicyclic) bond motifs is 5. The SMILES string of the molecule is CCOC[C@@]1(O)CC[C@@]2(CC)[C@H](CC[C@@H]3[C@@H]2CC[C@]2(C)C(C(=O)Nc4cc(C)n(C)n4)CCC[C@@H]32)C1. The van der Waals surface area contributed by atoms with E-state index in [4.69, 9.17) is 4.74 Å². The van der Waals surface area contributed by atoms with Gasteiger partial charge in [-0.05, 0) is 113 Å². The summed E-state index contributed by atoms with van der Waals surface area (Å²) in [6, 6.07) is 1.97. The van der Waals surface area contributed by atoms with E-state index in [2.05, 4.69) is 24.3 Å². The van der Waals surface area contributed by atoms with Crippen LogP contribution < -0.4 is 5.32 Å². The van der Waals surface area contributed by atoms with Gasteiger partial charge in [0.05, 0.1) is 12.2 Å². The minimum absolute atomic E-state index is 0.0671. The number of anilines is 1. The van der Waals surface area contributed by atoms with Crippen LogP contribution in [-0.4, -0.2) is 39.6 Å². The first-order valence-corrected chi connectivity index (χ1v) is 14.8. The molecule has 4 aliphatic carbocycles. The normalized spacial score (nSPS) is 42.2. The second-order valence-electron chi connectivity index (χ2n) is 13.1. The number of nitrogens with zero attached hydrogens (tertiary/aromatic N) is 2. The predicted molar refractivity (Wildman–Crippen MR) is 142 cm³/mol. The lowest BCUT2D eigenvalue weighted by molar-refractivity contribution is -0.185. The fourth-order valence-electron chi connectivity index (χ4n) is 9.72. The molecule has 202 valence electrons. The third kappa shape index (κ3) is 4.24. The highest BCUT2D eigenvalue weighted by Crippen LogP contribution is 2.68. The summed E-state index contributed by atoms with van der Waals surface area (Å²) in [4.78, 5) is 13.6. The molecule has 1 unspecified atom stereocenters. The summed E-state index contributed by atoms with van der Waals surface area (Å²) in [5, 5.41) is 19.0. The van der Waals surface area contributed by atoms with Crippen LogP contribution in [0.4, 0.5) is 5.82 Å². The van der Waals surface area contributed by atoms with Gasteiger partial charge in [-0.3, -0.25) is 9.48 Å². The topological polar surface area (TPSA) is 76.4 Å². The number of nitrogens with one attached hydrogen (secondary N) is 1. The molecule has 6 nitrogen and oxygen atoms in total. The molecular formula is C30H49N3O3. The third-order valence-corrected chi connectivity index (χ3v) is 11.7. The van der Waals surface area contributed by atoms with Crippen molar-refractivity contribution in [3.8, 4) is 0 Å². The number of aryl methyl sites for hydroxylation is 2. The molecule has 4 fully saturated rings. The summed E-state index contributed by atoms with van der Waals surface area (Å²) >= 11 is 0. The fourth-order valence-corrected chi connectivity index (χ4v) is 9.72. The highest BCUT2D eigenvalue weighted by Gasteiger charge is 2.62. The maximum Gasteiger partial charge on any atom is 0.229 e. The van der Waals surface area contributed by atoms with Crippen LogP contribution in [0.2, 0.25) is 0 Å². The Labute approximate surface area is 217 Å². The highest BCUT2D eigenvalue weighted by molar-refractivity contribution is 5.92. The zero-order chi connectivity index (χ0) is 25.7. The minimum Gasteiger partial charge on any atom is -0.387 e. The van der Waals surface area contributed by atoms with Gasteiger partial charge in [-0.25, -0.2) is 0 Å². The molecule has 0 radical (unpaired) electrons. The van der Waals surface area contributed by atoms with E-state index < -0.39 is 5.60 Å². The van der Waals surface area contributed by atoms with Crippen LogP contribution in [0.5, 0.6) is 0 Å². The Morgan fingerprint density at radius 2 is 1.97 bits per heavy atom. The Kier molecular flexibility index (Phi) is 7.08. The van der Waals surface area contributed by atoms with Gasteiger partial charge in [0.2, 0.25) is 5.91 Å². The Balaban J connectivity index is 1.35. The first kappa shape index (κ1) is 26.2. The molecule has 6 heteroatoms. The van der Waals surface area contributed by atoms with Gasteiger partial charge in [-0.1, -0.05) is 20.3 Å². The Bertz CT molecular complexity index is 942. The van der Waals surface area contributed by atoms with Crippen LogP contribution in [-0.2, 0) is 16.6 Å². The number of aromatic nitrogens is 2. The number of hydrogen-bond donors (Lipinski definition) is 2. The van der Waals surface area contributed by atoms with Gasteiger partial charge < -0.3 is 15.2 Å². The summed E-state index contributed by atoms with van der Waals surface area (Å²) in [6.45, 7) is 10.0. The van der Waals surface area contributed by atoms with Gasteiger partial charge in [0.1, 0.15) is 0 Å². The summed E-state index contributed by atoms with van der Waals surface area (Å²) in [7, 11) is 1.92. The molecule has 0 bridgehead atoms. The van der Waals surface area contributed by atoms with Crippen molar-refractivity contribution in [2.75, 3.05) is 18.5 Å². The Morgan fingerprint density at radius 3 is 2.67 bits per heavy atom. The van der Waals surface area contributed by atoms with Crippen molar-refractivity contribution in [3.63, 3.8) is 0 Å². The van der Waals surface area contributed by atoms with Gasteiger partial charge >= 0.3 is 0 Å². The maximum absolute atomic E-state index is 13.6. The molecule has 8 atom stereocenters. The van der Waals surface area contributed by atoms with Crippen molar-refractivity contribution >= 4 is 11.7 Å². The third-order valence-electron chi connectivity index (χ3n) is 11.7. The van der Waals surface area contributed by atoms with E-state index in [1.807, 2.05) is 31.6 Å². The van der Waals surface area contributed by atoms with E-state index >= 15 is 0 Å². The van der Waals surface area contributed by atoms with Crippen LogP contribution in [0.1, 0.15) is 97.1 Å². The summed E-state index contributed by atoms with van der Waals surface area (Å²) in [5.41, 5.74) is 0.830. The zero-order valence-corrected chi connectivity index (χ0v) is 23.3. The van der Waals surface area contributed by atoms with Crippen LogP contribution in [0, 0.1) is 47.3 Å². The van der Waals surface area contributed by atoms with Crippen molar-refractivity contribution in [1.82, 2.24) is 9.78 Å². The molecule has 36 heavy (non-hydrogen) atoms. The van der Waals surface area contributed by atoms with E-state index in [1.54, 1.807) is 0 Å². The van der Waals surface area contributed by atoms with Gasteiger partial charge in [0.25, 0.3) is 0 Å². The van der Waals surface area contributed by atoms with Crippen LogP contribution in [0.3, 0.4) is 0 Å². The molecular weight excluding hydrogens is 450 g/mol. The number of ether oxygens (including phenoxy) is 1. The van der Waals surface area contributed by atoms with Gasteiger partial charge in [0.15, 0.2) is 5.82 Å². The number of amides is 1. The molecule has 4 saturated carbocycles. The molecule has 1 aromatic heterocycles. The molecule has 4 aliphatic rings. The van der Waals surface area contributed by atoms with Crippen LogP contribution in [0.25, 0.3) is 0 Å². The largest absolute Gasteiger partial charge is 0.387 e. The van der Waals surface area contributed by atoms with Crippen LogP contribution in [0.15, 0.2) is 6.07 Å². The number of rotatable bonds is 6. The second-order valence-corrected chi connectivity index (χ2v) is 13.1. The Hall–Kier alpha value is -1.40. The average Bonchev–Trinajstić information content (AvgIpc) is 3.17. The monoisotopic (exact) mass is 499 g/mol. The number of aliphatic hydroxyl groups is 1. The fraction of sp³-hybridized carbons (Fsp3) is 0.867. The molecule has 1 aromatic rings. The molecule has 1 heterocycles. The van der Waals surface area contributed by atoms with Gasteiger partial charge in [-0.2, -0.15) is 5.10 Å². The summed E-state index contributed by atoms with van der Waals surface area (Å²) in [5.74, 6) is 3.60. The number of hydrogen-bond acceptors (Lipinski definition) is 4. The first-order valence-electron chi connectivity index (χ1n) is 14.8. The molecule has 1 amide bonds. The lowest BCUT2D eigenvalue weighted by atomic mass is 9.40. The minimum atomic E-state index is -0.646. The first-order chi connectivity index (χ1) is 17.2. The molecule has 0 aliphatic heterocycles. The van der Waals surface area contributed by atoms with E-state index in [-0.39, 0.29) is 17.2 Å². The molecule has 2 N–H and O–H groups in total. The standard InChI is InChI=1S/C30H49N3O3/c1-6-30-16-15-29(35,19-36-7-2)18-21(30)11-12-22-23-9-8-10-25(28(23,4)14-13-24(22)30)27(34)31-26-17-20(3)33(5)32-26/h17,21-25,35H,6-16,18-19H2,1-5H3,(H,31,32,34)/t21-,22+,23+,24+,25?,28+,29-,30+/m1/s1. The van der Waals surface area contributed by atoms with E-state index in [0.717, 1.165) is 50.1 Å². The predicted octanol–water partition coefficient (Wildman–Crippen LogP) is 5.87. The van der Waals surface area contributed by atoms with E-state index in [9.17, 15) is 9.90 Å². The molecule has 0 spiro atoms. The summed E-state index contributed by atoms with van der Waals surface area (Å²) in [6.07, 6.45) is 12.4. The Morgan fingerprint density at radius 1 is 1.17 bits per heavy atom. The maximum atomic E-state index is 13.6. The summed E-state index contributed by atoms with van der Waals surface area (Å²) < 4.78 is 7.53. The van der Waals surface area contributed by atoms with Crippen molar-refractivity contribution in [3.05, 3.63) is 11.8 Å². The molecule has 0 aromatic carbocycles. The zero-order valence-electron chi connectivity index (χ0n) is 23.3. The lowest BCUT2D eigenvalue weighted by Crippen LogP contribution is -2.60. The van der Waals surface area contributed by atoms with Crippen molar-refractivity contribution in [2.45, 2.75) is 104 Å². The van der Waals surface area contributed by atoms with Crippen molar-refractivity contribution in [1.29, 1.82) is 0 Å². The van der Waals surface area contributed by atoms with E-state index in [0.29, 0.717) is 42.2 Å². The quantitative estimate of drug-likeness (QED) is 0.513. The smallest absolute Gasteiger partial charge is 0.229 e. The van der Waals surface area contributed by atoms with Crippen molar-refractivity contribution < 1.29 is 14.6 Å².